The Kier molecular flexibility index (Phi) is 5.11. The van der Waals surface area contributed by atoms with E-state index in [-0.39, 0.29) is 0 Å². The second-order valence-corrected chi connectivity index (χ2v) is 5.63. The molecule has 0 unspecified atom stereocenters. The van der Waals surface area contributed by atoms with Crippen LogP contribution in [0.3, 0.4) is 0 Å². The van der Waals surface area contributed by atoms with Crippen LogP contribution < -0.4 is 4.90 Å². The predicted octanol–water partition coefficient (Wildman–Crippen LogP) is 3.66. The highest BCUT2D eigenvalue weighted by molar-refractivity contribution is 7.09. The van der Waals surface area contributed by atoms with Gasteiger partial charge in [-0.3, -0.25) is 0 Å². The molecule has 1 aromatic heterocycles. The lowest BCUT2D eigenvalue weighted by Crippen LogP contribution is -2.21. The second-order valence-electron chi connectivity index (χ2n) is 4.60. The minimum Gasteiger partial charge on any atom is -0.478 e. The number of halogens is 1. The molecule has 0 radical (unpaired) electrons. The molecule has 2 rings (SSSR count). The number of carboxylic acids is 1. The van der Waals surface area contributed by atoms with Crippen molar-refractivity contribution >= 4 is 29.1 Å². The third kappa shape index (κ3) is 4.16. The SMILES string of the molecule is CN(CCc1cccs1)c1cccc(F)c1/C=C/C(=O)O. The van der Waals surface area contributed by atoms with Crippen molar-refractivity contribution in [1.82, 2.24) is 0 Å². The monoisotopic (exact) mass is 305 g/mol. The molecule has 1 aromatic carbocycles. The summed E-state index contributed by atoms with van der Waals surface area (Å²) in [6.45, 7) is 0.734. The predicted molar refractivity (Wildman–Crippen MR) is 84.4 cm³/mol. The average molecular weight is 305 g/mol. The highest BCUT2D eigenvalue weighted by Gasteiger charge is 2.10. The second kappa shape index (κ2) is 7.04. The van der Waals surface area contributed by atoms with E-state index in [4.69, 9.17) is 5.11 Å². The van der Waals surface area contributed by atoms with E-state index in [1.165, 1.54) is 17.0 Å². The van der Waals surface area contributed by atoms with Crippen molar-refractivity contribution in [2.75, 3.05) is 18.5 Å². The molecule has 0 atom stereocenters. The Bertz CT molecular complexity index is 638. The van der Waals surface area contributed by atoms with Crippen molar-refractivity contribution in [3.63, 3.8) is 0 Å². The number of hydrogen-bond acceptors (Lipinski definition) is 3. The summed E-state index contributed by atoms with van der Waals surface area (Å²) in [5.74, 6) is -1.52. The van der Waals surface area contributed by atoms with Crippen LogP contribution in [0.1, 0.15) is 10.4 Å². The Labute approximate surface area is 127 Å². The Balaban J connectivity index is 2.17. The van der Waals surface area contributed by atoms with E-state index in [2.05, 4.69) is 6.07 Å². The lowest BCUT2D eigenvalue weighted by Gasteiger charge is -2.21. The number of likely N-dealkylation sites (N-methyl/N-ethyl adjacent to an activating group) is 1. The summed E-state index contributed by atoms with van der Waals surface area (Å²) in [4.78, 5) is 13.8. The zero-order valence-electron chi connectivity index (χ0n) is 11.6. The quantitative estimate of drug-likeness (QED) is 0.828. The summed E-state index contributed by atoms with van der Waals surface area (Å²) in [5.41, 5.74) is 0.984. The molecule has 0 aliphatic heterocycles. The summed E-state index contributed by atoms with van der Waals surface area (Å²) in [6, 6.07) is 8.82. The minimum absolute atomic E-state index is 0.300. The highest BCUT2D eigenvalue weighted by Crippen LogP contribution is 2.24. The lowest BCUT2D eigenvalue weighted by molar-refractivity contribution is -0.131. The van der Waals surface area contributed by atoms with Crippen LogP contribution in [0.15, 0.2) is 41.8 Å². The van der Waals surface area contributed by atoms with Gasteiger partial charge >= 0.3 is 5.97 Å². The number of benzene rings is 1. The molecule has 1 heterocycles. The Morgan fingerprint density at radius 3 is 2.86 bits per heavy atom. The standard InChI is InChI=1S/C16H16FNO2S/c1-18(10-9-12-4-3-11-21-12)15-6-2-5-14(17)13(15)7-8-16(19)20/h2-8,11H,9-10H2,1H3,(H,19,20)/b8-7+. The number of rotatable bonds is 6. The zero-order chi connectivity index (χ0) is 15.2. The van der Waals surface area contributed by atoms with Crippen LogP contribution in [0, 0.1) is 5.82 Å². The van der Waals surface area contributed by atoms with Crippen LogP contribution in [0.25, 0.3) is 6.08 Å². The molecule has 0 aliphatic rings. The van der Waals surface area contributed by atoms with Gasteiger partial charge in [0.1, 0.15) is 5.82 Å². The van der Waals surface area contributed by atoms with E-state index in [1.54, 1.807) is 23.5 Å². The van der Waals surface area contributed by atoms with Crippen molar-refractivity contribution in [3.8, 4) is 0 Å². The van der Waals surface area contributed by atoms with Gasteiger partial charge in [0.25, 0.3) is 0 Å². The first-order chi connectivity index (χ1) is 10.1. The normalized spacial score (nSPS) is 11.0. The first-order valence-corrected chi connectivity index (χ1v) is 7.39. The van der Waals surface area contributed by atoms with Crippen LogP contribution in [0.5, 0.6) is 0 Å². The average Bonchev–Trinajstić information content (AvgIpc) is 2.96. The number of nitrogens with zero attached hydrogens (tertiary/aromatic N) is 1. The van der Waals surface area contributed by atoms with Crippen molar-refractivity contribution in [3.05, 3.63) is 58.0 Å². The fraction of sp³-hybridized carbons (Fsp3) is 0.188. The highest BCUT2D eigenvalue weighted by atomic mass is 32.1. The van der Waals surface area contributed by atoms with Gasteiger partial charge in [0.2, 0.25) is 0 Å². The number of carboxylic acid groups (broad SMARTS) is 1. The first-order valence-electron chi connectivity index (χ1n) is 6.51. The fourth-order valence-corrected chi connectivity index (χ4v) is 2.73. The van der Waals surface area contributed by atoms with Gasteiger partial charge < -0.3 is 10.0 Å². The molecule has 0 bridgehead atoms. The third-order valence-corrected chi connectivity index (χ3v) is 4.04. The van der Waals surface area contributed by atoms with Gasteiger partial charge in [-0.2, -0.15) is 0 Å². The zero-order valence-corrected chi connectivity index (χ0v) is 12.4. The van der Waals surface area contributed by atoms with E-state index in [0.29, 0.717) is 11.3 Å². The van der Waals surface area contributed by atoms with Crippen molar-refractivity contribution in [2.24, 2.45) is 0 Å². The van der Waals surface area contributed by atoms with E-state index in [9.17, 15) is 9.18 Å². The maximum atomic E-state index is 13.9. The Hall–Kier alpha value is -2.14. The number of anilines is 1. The van der Waals surface area contributed by atoms with Gasteiger partial charge in [0.15, 0.2) is 0 Å². The molecule has 1 N–H and O–H groups in total. The lowest BCUT2D eigenvalue weighted by atomic mass is 10.1. The van der Waals surface area contributed by atoms with Gasteiger partial charge in [0, 0.05) is 35.8 Å². The first kappa shape index (κ1) is 15.3. The fourth-order valence-electron chi connectivity index (χ4n) is 2.03. The Morgan fingerprint density at radius 2 is 2.19 bits per heavy atom. The number of aliphatic carboxylic acids is 1. The third-order valence-electron chi connectivity index (χ3n) is 3.11. The Morgan fingerprint density at radius 1 is 1.38 bits per heavy atom. The van der Waals surface area contributed by atoms with Gasteiger partial charge in [-0.1, -0.05) is 12.1 Å². The molecule has 2 aromatic rings. The molecular formula is C16H16FNO2S. The van der Waals surface area contributed by atoms with Crippen molar-refractivity contribution in [2.45, 2.75) is 6.42 Å². The number of carbonyl (C=O) groups is 1. The maximum Gasteiger partial charge on any atom is 0.328 e. The van der Waals surface area contributed by atoms with Gasteiger partial charge in [-0.05, 0) is 36.1 Å². The summed E-state index contributed by atoms with van der Waals surface area (Å²) in [6.07, 6.45) is 3.12. The largest absolute Gasteiger partial charge is 0.478 e. The number of hydrogen-bond donors (Lipinski definition) is 1. The van der Waals surface area contributed by atoms with Crippen LogP contribution in [-0.2, 0) is 11.2 Å². The smallest absolute Gasteiger partial charge is 0.328 e. The molecule has 21 heavy (non-hydrogen) atoms. The molecular weight excluding hydrogens is 289 g/mol. The summed E-state index contributed by atoms with van der Waals surface area (Å²) in [7, 11) is 1.88. The topological polar surface area (TPSA) is 40.5 Å². The summed E-state index contributed by atoms with van der Waals surface area (Å²) in [5, 5.41) is 10.7. The van der Waals surface area contributed by atoms with Crippen LogP contribution in [0.2, 0.25) is 0 Å². The summed E-state index contributed by atoms with van der Waals surface area (Å²) >= 11 is 1.69. The van der Waals surface area contributed by atoms with E-state index in [1.807, 2.05) is 23.4 Å². The minimum atomic E-state index is -1.09. The van der Waals surface area contributed by atoms with Gasteiger partial charge in [-0.25, -0.2) is 9.18 Å². The van der Waals surface area contributed by atoms with E-state index >= 15 is 0 Å². The number of thiophene rings is 1. The van der Waals surface area contributed by atoms with Crippen LogP contribution in [0.4, 0.5) is 10.1 Å². The van der Waals surface area contributed by atoms with Crippen molar-refractivity contribution < 1.29 is 14.3 Å². The molecule has 0 saturated carbocycles. The molecule has 0 fully saturated rings. The maximum absolute atomic E-state index is 13.9. The molecule has 0 saturated heterocycles. The molecule has 0 aliphatic carbocycles. The van der Waals surface area contributed by atoms with Gasteiger partial charge in [-0.15, -0.1) is 11.3 Å². The van der Waals surface area contributed by atoms with E-state index < -0.39 is 11.8 Å². The molecule has 3 nitrogen and oxygen atoms in total. The molecule has 5 heteroatoms. The van der Waals surface area contributed by atoms with Gasteiger partial charge in [0.05, 0.1) is 0 Å². The molecule has 0 amide bonds. The van der Waals surface area contributed by atoms with Crippen LogP contribution in [-0.4, -0.2) is 24.7 Å². The van der Waals surface area contributed by atoms with Crippen molar-refractivity contribution in [1.29, 1.82) is 0 Å². The van der Waals surface area contributed by atoms with E-state index in [0.717, 1.165) is 19.0 Å². The van der Waals surface area contributed by atoms with Crippen LogP contribution >= 0.6 is 11.3 Å². The summed E-state index contributed by atoms with van der Waals surface area (Å²) < 4.78 is 13.9. The molecule has 0 spiro atoms. The molecule has 110 valence electrons.